The number of hydrogen-bond acceptors (Lipinski definition) is 6. The minimum absolute atomic E-state index is 0.283. The first-order valence-electron chi connectivity index (χ1n) is 7.63. The number of carbonyl (C=O) groups is 1. The van der Waals surface area contributed by atoms with Gasteiger partial charge >= 0.3 is 0 Å². The Kier molecular flexibility index (Phi) is 5.95. The molecule has 2 N–H and O–H groups in total. The molecule has 0 aliphatic carbocycles. The van der Waals surface area contributed by atoms with Gasteiger partial charge in [-0.2, -0.15) is 0 Å². The van der Waals surface area contributed by atoms with Crippen molar-refractivity contribution in [1.29, 1.82) is 0 Å². The molecule has 0 radical (unpaired) electrons. The van der Waals surface area contributed by atoms with E-state index in [1.807, 2.05) is 0 Å². The number of benzene rings is 1. The van der Waals surface area contributed by atoms with Crippen molar-refractivity contribution in [2.45, 2.75) is 13.8 Å². The first-order valence-corrected chi connectivity index (χ1v) is 7.63. The van der Waals surface area contributed by atoms with E-state index >= 15 is 0 Å². The summed E-state index contributed by atoms with van der Waals surface area (Å²) in [7, 11) is 3.10. The Labute approximate surface area is 141 Å². The molecule has 2 rings (SSSR count). The maximum absolute atomic E-state index is 12.4. The van der Waals surface area contributed by atoms with Gasteiger partial charge in [0.25, 0.3) is 5.91 Å². The predicted molar refractivity (Wildman–Crippen MR) is 92.9 cm³/mol. The molecule has 0 atom stereocenters. The fourth-order valence-corrected chi connectivity index (χ4v) is 1.97. The van der Waals surface area contributed by atoms with Crippen LogP contribution in [-0.4, -0.2) is 36.6 Å². The van der Waals surface area contributed by atoms with Gasteiger partial charge in [0, 0.05) is 24.5 Å². The fraction of sp³-hybridized carbons (Fsp3) is 0.353. The van der Waals surface area contributed by atoms with Crippen molar-refractivity contribution in [1.82, 2.24) is 9.97 Å². The van der Waals surface area contributed by atoms with Crippen molar-refractivity contribution in [3.63, 3.8) is 0 Å². The predicted octanol–water partition coefficient (Wildman–Crippen LogP) is 2.81. The Morgan fingerprint density at radius 2 is 1.92 bits per heavy atom. The minimum Gasteiger partial charge on any atom is -0.493 e. The summed E-state index contributed by atoms with van der Waals surface area (Å²) in [6.45, 7) is 4.90. The zero-order chi connectivity index (χ0) is 17.5. The van der Waals surface area contributed by atoms with Crippen LogP contribution < -0.4 is 20.1 Å². The van der Waals surface area contributed by atoms with Crippen molar-refractivity contribution in [2.75, 3.05) is 31.4 Å². The van der Waals surface area contributed by atoms with E-state index in [0.717, 1.165) is 6.54 Å². The van der Waals surface area contributed by atoms with Crippen LogP contribution in [0.5, 0.6) is 11.5 Å². The van der Waals surface area contributed by atoms with E-state index in [0.29, 0.717) is 29.1 Å². The molecule has 0 saturated carbocycles. The van der Waals surface area contributed by atoms with Gasteiger partial charge in [-0.05, 0) is 24.1 Å². The van der Waals surface area contributed by atoms with E-state index in [4.69, 9.17) is 9.47 Å². The van der Waals surface area contributed by atoms with Crippen LogP contribution in [-0.2, 0) is 0 Å². The quantitative estimate of drug-likeness (QED) is 0.812. The van der Waals surface area contributed by atoms with Crippen LogP contribution in [0.15, 0.2) is 30.5 Å². The van der Waals surface area contributed by atoms with Gasteiger partial charge in [0.1, 0.15) is 5.69 Å². The van der Waals surface area contributed by atoms with Crippen molar-refractivity contribution >= 4 is 17.5 Å². The monoisotopic (exact) mass is 330 g/mol. The van der Waals surface area contributed by atoms with Gasteiger partial charge < -0.3 is 20.1 Å². The number of hydrogen-bond donors (Lipinski definition) is 2. The van der Waals surface area contributed by atoms with E-state index in [9.17, 15) is 4.79 Å². The molecule has 2 aromatic rings. The number of anilines is 2. The third-order valence-corrected chi connectivity index (χ3v) is 3.20. The lowest BCUT2D eigenvalue weighted by Crippen LogP contribution is -2.16. The summed E-state index contributed by atoms with van der Waals surface area (Å²) >= 11 is 0. The smallest absolute Gasteiger partial charge is 0.274 e. The Bertz CT molecular complexity index is 704. The molecular weight excluding hydrogens is 308 g/mol. The highest BCUT2D eigenvalue weighted by molar-refractivity contribution is 6.03. The Morgan fingerprint density at radius 1 is 1.17 bits per heavy atom. The van der Waals surface area contributed by atoms with E-state index in [1.165, 1.54) is 0 Å². The topological polar surface area (TPSA) is 85.4 Å². The standard InChI is InChI=1S/C17H22N4O3/c1-11(2)10-19-17-18-8-7-13(21-17)16(22)20-12-5-6-14(23-3)15(9-12)24-4/h5-9,11H,10H2,1-4H3,(H,20,22)(H,18,19,21). The lowest BCUT2D eigenvalue weighted by molar-refractivity contribution is 0.102. The molecule has 0 fully saturated rings. The molecule has 1 aromatic carbocycles. The number of nitrogens with zero attached hydrogens (tertiary/aromatic N) is 2. The van der Waals surface area contributed by atoms with Crippen LogP contribution in [0.1, 0.15) is 24.3 Å². The Morgan fingerprint density at radius 3 is 2.58 bits per heavy atom. The average molecular weight is 330 g/mol. The molecule has 0 saturated heterocycles. The molecule has 0 bridgehead atoms. The summed E-state index contributed by atoms with van der Waals surface area (Å²) < 4.78 is 10.4. The fourth-order valence-electron chi connectivity index (χ4n) is 1.97. The number of aromatic nitrogens is 2. The van der Waals surface area contributed by atoms with Crippen molar-refractivity contribution < 1.29 is 14.3 Å². The summed E-state index contributed by atoms with van der Waals surface area (Å²) in [6.07, 6.45) is 1.55. The summed E-state index contributed by atoms with van der Waals surface area (Å²) in [4.78, 5) is 20.7. The summed E-state index contributed by atoms with van der Waals surface area (Å²) in [5.41, 5.74) is 0.874. The second-order valence-electron chi connectivity index (χ2n) is 5.56. The van der Waals surface area contributed by atoms with Crippen molar-refractivity contribution in [2.24, 2.45) is 5.92 Å². The SMILES string of the molecule is COc1ccc(NC(=O)c2ccnc(NCC(C)C)n2)cc1OC. The van der Waals surface area contributed by atoms with Gasteiger partial charge in [0.15, 0.2) is 11.5 Å². The third kappa shape index (κ3) is 4.58. The molecule has 0 aliphatic rings. The maximum atomic E-state index is 12.4. The van der Waals surface area contributed by atoms with E-state index in [1.54, 1.807) is 44.7 Å². The molecule has 1 amide bonds. The first kappa shape index (κ1) is 17.5. The molecular formula is C17H22N4O3. The highest BCUT2D eigenvalue weighted by atomic mass is 16.5. The molecule has 0 aliphatic heterocycles. The average Bonchev–Trinajstić information content (AvgIpc) is 2.60. The van der Waals surface area contributed by atoms with Crippen LogP contribution >= 0.6 is 0 Å². The number of nitrogens with one attached hydrogen (secondary N) is 2. The summed E-state index contributed by atoms with van der Waals surface area (Å²) in [6, 6.07) is 6.72. The maximum Gasteiger partial charge on any atom is 0.274 e. The summed E-state index contributed by atoms with van der Waals surface area (Å²) in [5.74, 6) is 1.70. The van der Waals surface area contributed by atoms with Crippen LogP contribution in [0, 0.1) is 5.92 Å². The summed E-state index contributed by atoms with van der Waals surface area (Å²) in [5, 5.41) is 5.88. The largest absolute Gasteiger partial charge is 0.493 e. The van der Waals surface area contributed by atoms with Crippen LogP contribution in [0.25, 0.3) is 0 Å². The lowest BCUT2D eigenvalue weighted by Gasteiger charge is -2.11. The number of rotatable bonds is 7. The van der Waals surface area contributed by atoms with Gasteiger partial charge in [-0.3, -0.25) is 4.79 Å². The van der Waals surface area contributed by atoms with E-state index in [2.05, 4.69) is 34.4 Å². The number of ether oxygens (including phenoxy) is 2. The third-order valence-electron chi connectivity index (χ3n) is 3.20. The second-order valence-corrected chi connectivity index (χ2v) is 5.56. The highest BCUT2D eigenvalue weighted by Crippen LogP contribution is 2.29. The number of methoxy groups -OCH3 is 2. The normalized spacial score (nSPS) is 10.4. The van der Waals surface area contributed by atoms with Gasteiger partial charge in [-0.25, -0.2) is 9.97 Å². The zero-order valence-electron chi connectivity index (χ0n) is 14.3. The molecule has 0 unspecified atom stereocenters. The molecule has 0 spiro atoms. The molecule has 7 nitrogen and oxygen atoms in total. The minimum atomic E-state index is -0.322. The molecule has 1 heterocycles. The number of amides is 1. The Hall–Kier alpha value is -2.83. The van der Waals surface area contributed by atoms with Crippen LogP contribution in [0.4, 0.5) is 11.6 Å². The first-order chi connectivity index (χ1) is 11.5. The van der Waals surface area contributed by atoms with Gasteiger partial charge in [-0.15, -0.1) is 0 Å². The van der Waals surface area contributed by atoms with E-state index in [-0.39, 0.29) is 11.6 Å². The molecule has 24 heavy (non-hydrogen) atoms. The highest BCUT2D eigenvalue weighted by Gasteiger charge is 2.11. The Balaban J connectivity index is 2.11. The lowest BCUT2D eigenvalue weighted by atomic mass is 10.2. The molecule has 128 valence electrons. The molecule has 7 heteroatoms. The van der Waals surface area contributed by atoms with Crippen molar-refractivity contribution in [3.8, 4) is 11.5 Å². The van der Waals surface area contributed by atoms with Crippen LogP contribution in [0.3, 0.4) is 0 Å². The molecule has 1 aromatic heterocycles. The van der Waals surface area contributed by atoms with E-state index < -0.39 is 0 Å². The second kappa shape index (κ2) is 8.14. The zero-order valence-corrected chi connectivity index (χ0v) is 14.3. The van der Waals surface area contributed by atoms with Crippen molar-refractivity contribution in [3.05, 3.63) is 36.2 Å². The van der Waals surface area contributed by atoms with Crippen LogP contribution in [0.2, 0.25) is 0 Å². The van der Waals surface area contributed by atoms with Gasteiger partial charge in [-0.1, -0.05) is 13.8 Å². The number of carbonyl (C=O) groups excluding carboxylic acids is 1. The van der Waals surface area contributed by atoms with Gasteiger partial charge in [0.05, 0.1) is 14.2 Å². The van der Waals surface area contributed by atoms with Gasteiger partial charge in [0.2, 0.25) is 5.95 Å².